The molecule has 12 heteroatoms. The van der Waals surface area contributed by atoms with Crippen LogP contribution in [0.3, 0.4) is 0 Å². The van der Waals surface area contributed by atoms with Gasteiger partial charge in [-0.05, 0) is 221 Å². The van der Waals surface area contributed by atoms with Crippen molar-refractivity contribution in [3.63, 3.8) is 0 Å². The molecule has 0 unspecified atom stereocenters. The van der Waals surface area contributed by atoms with Gasteiger partial charge in [0.25, 0.3) is 0 Å². The molecule has 0 saturated carbocycles. The van der Waals surface area contributed by atoms with Gasteiger partial charge in [-0.25, -0.2) is 4.98 Å². The van der Waals surface area contributed by atoms with Crippen molar-refractivity contribution in [2.24, 2.45) is 0 Å². The van der Waals surface area contributed by atoms with Gasteiger partial charge >= 0.3 is 0 Å². The molecule has 0 aliphatic heterocycles. The van der Waals surface area contributed by atoms with E-state index in [4.69, 9.17) is 4.98 Å². The van der Waals surface area contributed by atoms with Crippen LogP contribution in [-0.4, -0.2) is 57.3 Å². The Hall–Kier alpha value is -15.7. The second-order valence-electron chi connectivity index (χ2n) is 28.8. The van der Waals surface area contributed by atoms with Crippen LogP contribution in [-0.2, 0) is 0 Å². The number of benzene rings is 12. The lowest BCUT2D eigenvalue weighted by molar-refractivity contribution is 1.14. The zero-order valence-corrected chi connectivity index (χ0v) is 61.5. The fourth-order valence-electron chi connectivity index (χ4n) is 17.4. The quantitative estimate of drug-likeness (QED) is 0.142. The van der Waals surface area contributed by atoms with Gasteiger partial charge in [-0.15, -0.1) is 0 Å². The van der Waals surface area contributed by atoms with Crippen LogP contribution in [0, 0.1) is 0 Å². The van der Waals surface area contributed by atoms with Crippen LogP contribution >= 0.6 is 0 Å². The summed E-state index contributed by atoms with van der Waals surface area (Å²) in [5, 5.41) is 14.2. The zero-order valence-electron chi connectivity index (χ0n) is 61.5. The van der Waals surface area contributed by atoms with E-state index < -0.39 is 0 Å². The Labute approximate surface area is 653 Å². The minimum absolute atomic E-state index is 0.971. The summed E-state index contributed by atoms with van der Waals surface area (Å²) in [5.74, 6) is 0. The highest BCUT2D eigenvalue weighted by Gasteiger charge is 2.22. The van der Waals surface area contributed by atoms with Crippen molar-refractivity contribution in [3.8, 4) is 67.5 Å². The highest BCUT2D eigenvalue weighted by molar-refractivity contribution is 6.16. The van der Waals surface area contributed by atoms with Crippen LogP contribution < -0.4 is 0 Å². The van der Waals surface area contributed by atoms with Crippen LogP contribution in [0.15, 0.2) is 402 Å². The molecule has 0 aliphatic carbocycles. The second-order valence-corrected chi connectivity index (χ2v) is 28.8. The maximum atomic E-state index is 4.76. The predicted molar refractivity (Wildman–Crippen MR) is 468 cm³/mol. The predicted octanol–water partition coefficient (Wildman–Crippen LogP) is 25.0. The minimum atomic E-state index is 0.971. The average Bonchev–Trinajstić information content (AvgIpc) is 1.60. The Kier molecular flexibility index (Phi) is 15.6. The van der Waals surface area contributed by atoms with Gasteiger partial charge in [0, 0.05) is 161 Å². The van der Waals surface area contributed by atoms with E-state index in [9.17, 15) is 0 Å². The summed E-state index contributed by atoms with van der Waals surface area (Å²) in [6.07, 6.45) is 21.1. The molecule has 0 radical (unpaired) electrons. The lowest BCUT2D eigenvalue weighted by Gasteiger charge is -2.09. The standard InChI is InChI=1S/3C34H22N4/c1-3-8-25(9-4-1)37-31-15-13-24(21-29(31)30-22-35-19-17-33(30)37)23-14-16-32-28(20-23)27-12-7-18-36-34(27)38(32)26-10-5-2-6-11-26;1-3-7-25(8-4-1)37-31-13-11-23(19-27(31)29-21-35-17-15-33(29)37)24-12-14-32-28(20-24)30-22-36-18-16-34(30)38(32)26-9-5-2-6-10-26;1-3-7-25(8-4-1)37-32-14-12-24(20-29(32)30-21-35-18-16-33(30)37)23-11-13-31-28(19-23)27-15-17-36-22-34(27)38(31)26-9-5-2-6-10-26/h3*1-22H. The summed E-state index contributed by atoms with van der Waals surface area (Å²) in [6, 6.07) is 118. The molecule has 24 rings (SSSR count). The van der Waals surface area contributed by atoms with Crippen molar-refractivity contribution in [1.29, 1.82) is 0 Å². The van der Waals surface area contributed by atoms with E-state index in [2.05, 4.69) is 368 Å². The molecule has 0 atom stereocenters. The van der Waals surface area contributed by atoms with E-state index in [1.54, 1.807) is 0 Å². The molecule has 0 spiro atoms. The average molecular weight is 1460 g/mol. The van der Waals surface area contributed by atoms with Gasteiger partial charge in [-0.2, -0.15) is 0 Å². The smallest absolute Gasteiger partial charge is 0.145 e. The van der Waals surface area contributed by atoms with E-state index in [0.29, 0.717) is 0 Å². The molecule has 0 aliphatic rings. The number of nitrogens with zero attached hydrogens (tertiary/aromatic N) is 12. The number of hydrogen-bond acceptors (Lipinski definition) is 6. The van der Waals surface area contributed by atoms with E-state index in [1.807, 2.05) is 86.4 Å². The van der Waals surface area contributed by atoms with Crippen molar-refractivity contribution in [2.45, 2.75) is 0 Å². The summed E-state index contributed by atoms with van der Waals surface area (Å²) < 4.78 is 13.8. The molecule has 12 aromatic heterocycles. The number of hydrogen-bond donors (Lipinski definition) is 0. The van der Waals surface area contributed by atoms with Gasteiger partial charge in [0.2, 0.25) is 0 Å². The van der Waals surface area contributed by atoms with Gasteiger partial charge in [0.1, 0.15) is 5.65 Å². The van der Waals surface area contributed by atoms with Crippen molar-refractivity contribution >= 4 is 131 Å². The van der Waals surface area contributed by atoms with E-state index in [1.165, 1.54) is 98.7 Å². The Morgan fingerprint density at radius 2 is 0.386 bits per heavy atom. The van der Waals surface area contributed by atoms with Gasteiger partial charge in [0.05, 0.1) is 66.9 Å². The maximum absolute atomic E-state index is 4.76. The Balaban J connectivity index is 0.000000104. The maximum Gasteiger partial charge on any atom is 0.145 e. The molecule has 0 bridgehead atoms. The number of para-hydroxylation sites is 6. The Morgan fingerprint density at radius 1 is 0.149 bits per heavy atom. The summed E-state index contributed by atoms with van der Waals surface area (Å²) >= 11 is 0. The molecule has 0 amide bonds. The van der Waals surface area contributed by atoms with Crippen molar-refractivity contribution < 1.29 is 0 Å². The van der Waals surface area contributed by atoms with Gasteiger partial charge in [-0.1, -0.05) is 146 Å². The van der Waals surface area contributed by atoms with Crippen LogP contribution in [0.5, 0.6) is 0 Å². The van der Waals surface area contributed by atoms with Crippen molar-refractivity contribution in [3.05, 3.63) is 402 Å². The molecule has 0 saturated heterocycles. The molecular weight excluding hydrogens is 1390 g/mol. The highest BCUT2D eigenvalue weighted by atomic mass is 15.1. The molecule has 24 aromatic rings. The van der Waals surface area contributed by atoms with Crippen LogP contribution in [0.2, 0.25) is 0 Å². The zero-order chi connectivity index (χ0) is 75.2. The minimum Gasteiger partial charge on any atom is -0.309 e. The van der Waals surface area contributed by atoms with Gasteiger partial charge in [0.15, 0.2) is 0 Å². The number of fused-ring (bicyclic) bond motifs is 18. The molecule has 12 aromatic carbocycles. The first kappa shape index (κ1) is 65.4. The van der Waals surface area contributed by atoms with Gasteiger partial charge in [-0.3, -0.25) is 29.5 Å². The first-order valence-corrected chi connectivity index (χ1v) is 38.2. The third kappa shape index (κ3) is 10.8. The summed E-state index contributed by atoms with van der Waals surface area (Å²) in [6.45, 7) is 0. The van der Waals surface area contributed by atoms with Gasteiger partial charge < -0.3 is 22.8 Å². The third-order valence-electron chi connectivity index (χ3n) is 22.4. The summed E-state index contributed by atoms with van der Waals surface area (Å²) in [4.78, 5) is 27.0. The molecule has 534 valence electrons. The lowest BCUT2D eigenvalue weighted by atomic mass is 10.0. The van der Waals surface area contributed by atoms with E-state index in [0.717, 1.165) is 99.8 Å². The van der Waals surface area contributed by atoms with Crippen LogP contribution in [0.1, 0.15) is 0 Å². The first-order chi connectivity index (χ1) is 56.6. The van der Waals surface area contributed by atoms with Crippen LogP contribution in [0.25, 0.3) is 198 Å². The molecule has 12 nitrogen and oxygen atoms in total. The monoisotopic (exact) mass is 1460 g/mol. The van der Waals surface area contributed by atoms with Crippen LogP contribution in [0.4, 0.5) is 0 Å². The van der Waals surface area contributed by atoms with E-state index in [-0.39, 0.29) is 0 Å². The topological polar surface area (TPSA) is 107 Å². The van der Waals surface area contributed by atoms with Crippen molar-refractivity contribution in [2.75, 3.05) is 0 Å². The lowest BCUT2D eigenvalue weighted by Crippen LogP contribution is -1.94. The number of aromatic nitrogens is 12. The molecule has 0 N–H and O–H groups in total. The Bertz CT molecular complexity index is 6630. The SMILES string of the molecule is c1ccc(-n2c3ccncc3c3cc(-c4ccc5c(c4)c4cccnc4n5-c4ccccc4)ccc32)cc1.c1ccc(-n2c3ccncc3c3cc(-c4ccc5c(c4)c4ccncc4n5-c4ccccc4)ccc32)cc1.c1ccc(-n2c3ccncc3c3cc(-c4ccc5c(c4)c4cnccc4n5-c4ccccc4)ccc32)cc1. The molecule has 0 fully saturated rings. The van der Waals surface area contributed by atoms with E-state index >= 15 is 0 Å². The highest BCUT2D eigenvalue weighted by Crippen LogP contribution is 2.43. The fraction of sp³-hybridized carbons (Fsp3) is 0. The first-order valence-electron chi connectivity index (χ1n) is 38.2. The Morgan fingerprint density at radius 3 is 0.693 bits per heavy atom. The molecule has 114 heavy (non-hydrogen) atoms. The number of pyridine rings is 6. The largest absolute Gasteiger partial charge is 0.309 e. The fourth-order valence-corrected chi connectivity index (χ4v) is 17.4. The second kappa shape index (κ2) is 27.2. The normalized spacial score (nSPS) is 11.7. The summed E-state index contributed by atoms with van der Waals surface area (Å²) in [5.41, 5.74) is 27.7. The third-order valence-corrected chi connectivity index (χ3v) is 22.4. The number of rotatable bonds is 9. The summed E-state index contributed by atoms with van der Waals surface area (Å²) in [7, 11) is 0. The molecular formula is C102H66N12. The molecule has 12 heterocycles. The van der Waals surface area contributed by atoms with Crippen molar-refractivity contribution in [1.82, 2.24) is 57.3 Å².